The van der Waals surface area contributed by atoms with Crippen molar-refractivity contribution in [2.45, 2.75) is 45.6 Å². The Labute approximate surface area is 129 Å². The lowest BCUT2D eigenvalue weighted by atomic mass is 10.1. The molecule has 0 saturated carbocycles. The minimum Gasteiger partial charge on any atom is -0.481 e. The van der Waals surface area contributed by atoms with Crippen LogP contribution in [0.1, 0.15) is 39.5 Å². The van der Waals surface area contributed by atoms with Crippen molar-refractivity contribution >= 4 is 17.9 Å². The molecule has 0 unspecified atom stereocenters. The van der Waals surface area contributed by atoms with Gasteiger partial charge in [0.1, 0.15) is 0 Å². The van der Waals surface area contributed by atoms with Gasteiger partial charge >= 0.3 is 17.9 Å². The predicted molar refractivity (Wildman–Crippen MR) is 79.5 cm³/mol. The highest BCUT2D eigenvalue weighted by Gasteiger charge is 2.20. The van der Waals surface area contributed by atoms with E-state index >= 15 is 0 Å². The van der Waals surface area contributed by atoms with Gasteiger partial charge in [-0.1, -0.05) is 11.6 Å². The number of hydrogen-bond acceptors (Lipinski definition) is 3. The molecule has 7 nitrogen and oxygen atoms in total. The van der Waals surface area contributed by atoms with Crippen LogP contribution in [-0.2, 0) is 14.4 Å². The molecule has 0 heterocycles. The Kier molecular flexibility index (Phi) is 9.53. The number of aliphatic carboxylic acids is 3. The van der Waals surface area contributed by atoms with Gasteiger partial charge in [0.2, 0.25) is 0 Å². The zero-order valence-corrected chi connectivity index (χ0v) is 12.9. The monoisotopic (exact) mass is 314 g/mol. The van der Waals surface area contributed by atoms with Crippen molar-refractivity contribution in [3.05, 3.63) is 23.3 Å². The van der Waals surface area contributed by atoms with E-state index in [2.05, 4.69) is 0 Å². The summed E-state index contributed by atoms with van der Waals surface area (Å²) >= 11 is 0. The van der Waals surface area contributed by atoms with E-state index in [9.17, 15) is 14.4 Å². The summed E-state index contributed by atoms with van der Waals surface area (Å²) in [4.78, 5) is 32.1. The van der Waals surface area contributed by atoms with Gasteiger partial charge in [-0.2, -0.15) is 0 Å². The highest BCUT2D eigenvalue weighted by Crippen LogP contribution is 2.06. The predicted octanol–water partition coefficient (Wildman–Crippen LogP) is 0.625. The number of carboxylic acids is 3. The van der Waals surface area contributed by atoms with E-state index in [4.69, 9.17) is 15.3 Å². The number of rotatable bonds is 11. The highest BCUT2D eigenvalue weighted by atomic mass is 16.4. The lowest BCUT2D eigenvalue weighted by Gasteiger charge is -2.09. The molecule has 0 aromatic heterocycles. The molecule has 0 radical (unpaired) electrons. The molecule has 124 valence electrons. The van der Waals surface area contributed by atoms with Crippen molar-refractivity contribution in [2.75, 3.05) is 6.54 Å². The third-order valence-electron chi connectivity index (χ3n) is 3.20. The van der Waals surface area contributed by atoms with Crippen molar-refractivity contribution in [3.63, 3.8) is 0 Å². The van der Waals surface area contributed by atoms with Gasteiger partial charge in [-0.3, -0.25) is 4.79 Å². The second kappa shape index (κ2) is 10.6. The average molecular weight is 314 g/mol. The minimum absolute atomic E-state index is 0.0814. The molecule has 1 atom stereocenters. The standard InChI is InChI=1S/C15H23NO6/c1-10(4-3-5-11(2)14(19)20)8-9-16-12(15(21)22)6-7-13(17)18/h5,8,12,16H,3-4,6-7,9H2,1-2H3,(H,17,18)(H,19,20)(H,21,22)/p+1/b10-8+,11-5+/t12-/m0/s1. The van der Waals surface area contributed by atoms with Crippen LogP contribution in [0.2, 0.25) is 0 Å². The Bertz CT molecular complexity index is 467. The number of carbonyl (C=O) groups is 3. The first-order chi connectivity index (χ1) is 10.2. The normalized spacial score (nSPS) is 13.7. The summed E-state index contributed by atoms with van der Waals surface area (Å²) in [5.74, 6) is -2.96. The largest absolute Gasteiger partial charge is 0.481 e. The summed E-state index contributed by atoms with van der Waals surface area (Å²) in [5.41, 5.74) is 1.34. The van der Waals surface area contributed by atoms with E-state index in [1.54, 1.807) is 11.4 Å². The molecule has 5 N–H and O–H groups in total. The van der Waals surface area contributed by atoms with Crippen LogP contribution in [0.4, 0.5) is 0 Å². The zero-order valence-electron chi connectivity index (χ0n) is 12.9. The molecule has 0 rings (SSSR count). The van der Waals surface area contributed by atoms with Gasteiger partial charge in [0, 0.05) is 12.0 Å². The molecule has 0 saturated heterocycles. The van der Waals surface area contributed by atoms with Gasteiger partial charge in [0.05, 0.1) is 13.0 Å². The van der Waals surface area contributed by atoms with Crippen LogP contribution in [0.25, 0.3) is 0 Å². The molecule has 0 fully saturated rings. The quantitative estimate of drug-likeness (QED) is 0.327. The summed E-state index contributed by atoms with van der Waals surface area (Å²) in [5, 5.41) is 27.9. The average Bonchev–Trinajstić information content (AvgIpc) is 2.41. The first kappa shape index (κ1) is 19.9. The molecule has 0 aliphatic rings. The van der Waals surface area contributed by atoms with E-state index in [1.165, 1.54) is 6.92 Å². The Hall–Kier alpha value is -2.15. The number of carboxylic acid groups (broad SMARTS) is 3. The summed E-state index contributed by atoms with van der Waals surface area (Å²) in [6.45, 7) is 3.88. The molecule has 7 heteroatoms. The first-order valence-electron chi connectivity index (χ1n) is 7.07. The Balaban J connectivity index is 4.21. The fraction of sp³-hybridized carbons (Fsp3) is 0.533. The summed E-state index contributed by atoms with van der Waals surface area (Å²) in [6, 6.07) is -0.769. The molecule has 22 heavy (non-hydrogen) atoms. The molecule has 0 aromatic carbocycles. The van der Waals surface area contributed by atoms with Crippen molar-refractivity contribution in [3.8, 4) is 0 Å². The summed E-state index contributed by atoms with van der Waals surface area (Å²) in [7, 11) is 0. The van der Waals surface area contributed by atoms with Crippen molar-refractivity contribution in [1.82, 2.24) is 0 Å². The maximum Gasteiger partial charge on any atom is 0.362 e. The topological polar surface area (TPSA) is 129 Å². The van der Waals surface area contributed by atoms with E-state index in [0.717, 1.165) is 5.57 Å². The Morgan fingerprint density at radius 1 is 1.05 bits per heavy atom. The van der Waals surface area contributed by atoms with Crippen LogP contribution < -0.4 is 5.32 Å². The molecule has 0 spiro atoms. The van der Waals surface area contributed by atoms with E-state index < -0.39 is 23.9 Å². The lowest BCUT2D eigenvalue weighted by molar-refractivity contribution is -0.670. The van der Waals surface area contributed by atoms with E-state index in [-0.39, 0.29) is 12.8 Å². The second-order valence-electron chi connectivity index (χ2n) is 5.13. The van der Waals surface area contributed by atoms with Crippen LogP contribution >= 0.6 is 0 Å². The molecular weight excluding hydrogens is 290 g/mol. The number of hydrogen-bond donors (Lipinski definition) is 4. The molecular formula is C15H24NO6+. The van der Waals surface area contributed by atoms with Gasteiger partial charge in [0.15, 0.2) is 6.04 Å². The molecule has 0 amide bonds. The highest BCUT2D eigenvalue weighted by molar-refractivity contribution is 5.85. The van der Waals surface area contributed by atoms with E-state index in [1.807, 2.05) is 13.0 Å². The molecule has 0 aliphatic carbocycles. The molecule has 0 aromatic rings. The van der Waals surface area contributed by atoms with Crippen LogP contribution in [0.5, 0.6) is 0 Å². The smallest absolute Gasteiger partial charge is 0.362 e. The summed E-state index contributed by atoms with van der Waals surface area (Å²) < 4.78 is 0. The van der Waals surface area contributed by atoms with Gasteiger partial charge in [-0.15, -0.1) is 0 Å². The minimum atomic E-state index is -1.02. The fourth-order valence-corrected chi connectivity index (χ4v) is 1.76. The number of quaternary nitrogens is 1. The lowest BCUT2D eigenvalue weighted by Crippen LogP contribution is -2.91. The third-order valence-corrected chi connectivity index (χ3v) is 3.20. The molecule has 0 bridgehead atoms. The Morgan fingerprint density at radius 2 is 1.68 bits per heavy atom. The van der Waals surface area contributed by atoms with Gasteiger partial charge < -0.3 is 20.6 Å². The maximum atomic E-state index is 11.0. The summed E-state index contributed by atoms with van der Waals surface area (Å²) in [6.07, 6.45) is 4.75. The van der Waals surface area contributed by atoms with Crippen molar-refractivity contribution in [2.24, 2.45) is 0 Å². The fourth-order valence-electron chi connectivity index (χ4n) is 1.76. The van der Waals surface area contributed by atoms with Crippen LogP contribution in [0.3, 0.4) is 0 Å². The second-order valence-corrected chi connectivity index (χ2v) is 5.13. The molecule has 0 aliphatic heterocycles. The van der Waals surface area contributed by atoms with Crippen molar-refractivity contribution in [1.29, 1.82) is 0 Å². The van der Waals surface area contributed by atoms with Crippen molar-refractivity contribution < 1.29 is 35.0 Å². The number of nitrogens with two attached hydrogens (primary N) is 1. The number of allylic oxidation sites excluding steroid dienone is 2. The van der Waals surface area contributed by atoms with Gasteiger partial charge in [0.25, 0.3) is 0 Å². The first-order valence-corrected chi connectivity index (χ1v) is 7.07. The zero-order chi connectivity index (χ0) is 17.1. The Morgan fingerprint density at radius 3 is 2.18 bits per heavy atom. The van der Waals surface area contributed by atoms with E-state index in [0.29, 0.717) is 25.0 Å². The SMILES string of the molecule is C/C(=C\C[NH2+][C@@H](CCC(=O)O)C(=O)O)CC/C=C(\C)C(=O)O. The van der Waals surface area contributed by atoms with Gasteiger partial charge in [-0.05, 0) is 32.8 Å². The van der Waals surface area contributed by atoms with Gasteiger partial charge in [-0.25, -0.2) is 9.59 Å². The third kappa shape index (κ3) is 9.71. The van der Waals surface area contributed by atoms with Crippen LogP contribution in [-0.4, -0.2) is 45.8 Å². The van der Waals surface area contributed by atoms with Crippen LogP contribution in [0.15, 0.2) is 23.3 Å². The maximum absolute atomic E-state index is 11.0. The van der Waals surface area contributed by atoms with Crippen LogP contribution in [0, 0.1) is 0 Å².